The molecule has 7 heteroatoms. The number of hydrogen-bond acceptors (Lipinski definition) is 3. The third-order valence-electron chi connectivity index (χ3n) is 1.86. The van der Waals surface area contributed by atoms with Crippen molar-refractivity contribution in [3.63, 3.8) is 0 Å². The van der Waals surface area contributed by atoms with Gasteiger partial charge in [-0.1, -0.05) is 11.6 Å². The van der Waals surface area contributed by atoms with E-state index in [1.165, 1.54) is 19.1 Å². The van der Waals surface area contributed by atoms with Gasteiger partial charge in [0, 0.05) is 6.04 Å². The molecule has 0 spiro atoms. The van der Waals surface area contributed by atoms with Crippen LogP contribution >= 0.6 is 11.6 Å². The maximum Gasteiger partial charge on any atom is 0.391 e. The lowest BCUT2D eigenvalue weighted by molar-refractivity contribution is -0.136. The summed E-state index contributed by atoms with van der Waals surface area (Å²) in [7, 11) is 0. The lowest BCUT2D eigenvalue weighted by Gasteiger charge is -2.16. The molecule has 0 aromatic carbocycles. The fourth-order valence-corrected chi connectivity index (χ4v) is 1.49. The molecule has 1 unspecified atom stereocenters. The Kier molecular flexibility index (Phi) is 4.18. The minimum atomic E-state index is -4.25. The molecule has 0 radical (unpaired) electrons. The summed E-state index contributed by atoms with van der Waals surface area (Å²) >= 11 is 5.62. The van der Waals surface area contributed by atoms with E-state index in [0.717, 1.165) is 0 Å². The van der Waals surface area contributed by atoms with Crippen LogP contribution in [0.1, 0.15) is 18.9 Å². The summed E-state index contributed by atoms with van der Waals surface area (Å²) in [6.07, 6.45) is -5.23. The van der Waals surface area contributed by atoms with Crippen LogP contribution in [0, 0.1) is 11.3 Å². The first-order valence-corrected chi connectivity index (χ1v) is 5.09. The number of anilines is 1. The number of rotatable bonds is 3. The summed E-state index contributed by atoms with van der Waals surface area (Å²) in [6, 6.07) is 3.68. The van der Waals surface area contributed by atoms with Crippen LogP contribution in [0.3, 0.4) is 0 Å². The average molecular weight is 264 g/mol. The number of alkyl halides is 3. The molecular formula is C10H9ClF3N3. The molecule has 17 heavy (non-hydrogen) atoms. The van der Waals surface area contributed by atoms with Crippen LogP contribution in [0.4, 0.5) is 19.0 Å². The van der Waals surface area contributed by atoms with Gasteiger partial charge >= 0.3 is 6.18 Å². The molecular weight excluding hydrogens is 255 g/mol. The van der Waals surface area contributed by atoms with Crippen LogP contribution in [-0.4, -0.2) is 17.2 Å². The number of halogens is 4. The number of hydrogen-bond donors (Lipinski definition) is 1. The van der Waals surface area contributed by atoms with E-state index in [1.54, 1.807) is 0 Å². The maximum atomic E-state index is 12.1. The second kappa shape index (κ2) is 5.23. The fraction of sp³-hybridized carbons (Fsp3) is 0.400. The Labute approximate surface area is 101 Å². The van der Waals surface area contributed by atoms with Gasteiger partial charge in [0.05, 0.1) is 18.1 Å². The summed E-state index contributed by atoms with van der Waals surface area (Å²) < 4.78 is 36.3. The SMILES string of the molecule is CC(CC(F)(F)F)Nc1cc(C#N)cc(Cl)n1. The van der Waals surface area contributed by atoms with Gasteiger partial charge in [-0.15, -0.1) is 0 Å². The van der Waals surface area contributed by atoms with E-state index in [4.69, 9.17) is 16.9 Å². The van der Waals surface area contributed by atoms with Gasteiger partial charge in [0.2, 0.25) is 0 Å². The highest BCUT2D eigenvalue weighted by molar-refractivity contribution is 6.29. The Morgan fingerprint density at radius 2 is 2.18 bits per heavy atom. The summed E-state index contributed by atoms with van der Waals surface area (Å²) in [4.78, 5) is 3.79. The zero-order valence-corrected chi connectivity index (χ0v) is 9.60. The predicted molar refractivity (Wildman–Crippen MR) is 57.7 cm³/mol. The Bertz CT molecular complexity index is 439. The van der Waals surface area contributed by atoms with Gasteiger partial charge in [-0.05, 0) is 19.1 Å². The van der Waals surface area contributed by atoms with Crippen molar-refractivity contribution < 1.29 is 13.2 Å². The molecule has 0 amide bonds. The summed E-state index contributed by atoms with van der Waals surface area (Å²) in [5.41, 5.74) is 0.242. The highest BCUT2D eigenvalue weighted by Crippen LogP contribution is 2.23. The van der Waals surface area contributed by atoms with E-state index in [9.17, 15) is 13.2 Å². The molecule has 1 rings (SSSR count). The Morgan fingerprint density at radius 3 is 2.71 bits per heavy atom. The van der Waals surface area contributed by atoms with E-state index in [1.807, 2.05) is 6.07 Å². The molecule has 92 valence electrons. The first-order chi connectivity index (χ1) is 7.80. The minimum absolute atomic E-state index is 0.0609. The van der Waals surface area contributed by atoms with E-state index in [-0.39, 0.29) is 16.5 Å². The maximum absolute atomic E-state index is 12.1. The Balaban J connectivity index is 2.75. The van der Waals surface area contributed by atoms with Gasteiger partial charge in [0.1, 0.15) is 11.0 Å². The van der Waals surface area contributed by atoms with Crippen molar-refractivity contribution in [1.82, 2.24) is 4.98 Å². The first kappa shape index (κ1) is 13.6. The van der Waals surface area contributed by atoms with Gasteiger partial charge in [-0.2, -0.15) is 18.4 Å². The van der Waals surface area contributed by atoms with Crippen LogP contribution in [0.5, 0.6) is 0 Å². The van der Waals surface area contributed by atoms with Crippen molar-refractivity contribution in [3.05, 3.63) is 22.8 Å². The van der Waals surface area contributed by atoms with Gasteiger partial charge in [0.15, 0.2) is 0 Å². The Morgan fingerprint density at radius 1 is 1.53 bits per heavy atom. The lowest BCUT2D eigenvalue weighted by atomic mass is 10.2. The quantitative estimate of drug-likeness (QED) is 0.851. The molecule has 1 aromatic heterocycles. The first-order valence-electron chi connectivity index (χ1n) is 4.71. The van der Waals surface area contributed by atoms with Crippen LogP contribution < -0.4 is 5.32 Å². The molecule has 0 fully saturated rings. The second-order valence-corrected chi connectivity index (χ2v) is 3.93. The number of nitriles is 1. The summed E-state index contributed by atoms with van der Waals surface area (Å²) in [5.74, 6) is 0.158. The largest absolute Gasteiger partial charge is 0.391 e. The van der Waals surface area contributed by atoms with Gasteiger partial charge in [0.25, 0.3) is 0 Å². The standard InChI is InChI=1S/C10H9ClF3N3/c1-6(4-10(12,13)14)16-9-3-7(5-15)2-8(11)17-9/h2-3,6H,4H2,1H3,(H,16,17). The predicted octanol–water partition coefficient (Wildman–Crippen LogP) is 3.36. The average Bonchev–Trinajstić information content (AvgIpc) is 2.13. The number of aromatic nitrogens is 1. The van der Waals surface area contributed by atoms with Gasteiger partial charge < -0.3 is 5.32 Å². The van der Waals surface area contributed by atoms with Crippen molar-refractivity contribution in [2.75, 3.05) is 5.32 Å². The molecule has 0 saturated carbocycles. The molecule has 1 N–H and O–H groups in total. The van der Waals surface area contributed by atoms with E-state index >= 15 is 0 Å². The third-order valence-corrected chi connectivity index (χ3v) is 2.05. The Hall–Kier alpha value is -1.48. The van der Waals surface area contributed by atoms with Gasteiger partial charge in [-0.25, -0.2) is 4.98 Å². The number of nitrogens with zero attached hydrogens (tertiary/aromatic N) is 2. The molecule has 1 aromatic rings. The topological polar surface area (TPSA) is 48.7 Å². The zero-order valence-electron chi connectivity index (χ0n) is 8.85. The molecule has 0 saturated heterocycles. The summed E-state index contributed by atoms with van der Waals surface area (Å²) in [6.45, 7) is 1.38. The highest BCUT2D eigenvalue weighted by atomic mass is 35.5. The van der Waals surface area contributed by atoms with Crippen LogP contribution in [0.2, 0.25) is 5.15 Å². The van der Waals surface area contributed by atoms with Crippen LogP contribution in [0.25, 0.3) is 0 Å². The van der Waals surface area contributed by atoms with Crippen molar-refractivity contribution in [2.45, 2.75) is 25.6 Å². The number of nitrogens with one attached hydrogen (secondary N) is 1. The van der Waals surface area contributed by atoms with Crippen molar-refractivity contribution >= 4 is 17.4 Å². The van der Waals surface area contributed by atoms with Gasteiger partial charge in [-0.3, -0.25) is 0 Å². The van der Waals surface area contributed by atoms with Crippen molar-refractivity contribution in [2.24, 2.45) is 0 Å². The second-order valence-electron chi connectivity index (χ2n) is 3.54. The molecule has 0 bridgehead atoms. The van der Waals surface area contributed by atoms with Crippen LogP contribution in [0.15, 0.2) is 12.1 Å². The van der Waals surface area contributed by atoms with E-state index < -0.39 is 18.6 Å². The monoisotopic (exact) mass is 263 g/mol. The van der Waals surface area contributed by atoms with E-state index in [2.05, 4.69) is 10.3 Å². The van der Waals surface area contributed by atoms with Crippen molar-refractivity contribution in [1.29, 1.82) is 5.26 Å². The molecule has 0 aliphatic carbocycles. The molecule has 1 atom stereocenters. The van der Waals surface area contributed by atoms with Crippen molar-refractivity contribution in [3.8, 4) is 6.07 Å². The van der Waals surface area contributed by atoms with Crippen LogP contribution in [-0.2, 0) is 0 Å². The highest BCUT2D eigenvalue weighted by Gasteiger charge is 2.30. The zero-order chi connectivity index (χ0) is 13.1. The minimum Gasteiger partial charge on any atom is -0.367 e. The molecule has 3 nitrogen and oxygen atoms in total. The smallest absolute Gasteiger partial charge is 0.367 e. The molecule has 1 heterocycles. The van der Waals surface area contributed by atoms with E-state index in [0.29, 0.717) is 0 Å². The molecule has 0 aliphatic rings. The number of pyridine rings is 1. The third kappa shape index (κ3) is 4.91. The lowest BCUT2D eigenvalue weighted by Crippen LogP contribution is -2.24. The molecule has 0 aliphatic heterocycles. The normalized spacial score (nSPS) is 12.9. The summed E-state index contributed by atoms with van der Waals surface area (Å²) in [5, 5.41) is 11.3. The fourth-order valence-electron chi connectivity index (χ4n) is 1.29.